The quantitative estimate of drug-likeness (QED) is 0.665. The molecule has 5 heteroatoms. The van der Waals surface area contributed by atoms with Gasteiger partial charge in [0.25, 0.3) is 0 Å². The molecule has 0 radical (unpaired) electrons. The molecule has 0 spiro atoms. The Morgan fingerprint density at radius 3 is 2.50 bits per heavy atom. The van der Waals surface area contributed by atoms with Crippen molar-refractivity contribution in [3.8, 4) is 0 Å². The molecule has 0 fully saturated rings. The Bertz CT molecular complexity index is 482. The average molecular weight is 276 g/mol. The zero-order valence-electron chi connectivity index (χ0n) is 11.5. The van der Waals surface area contributed by atoms with Gasteiger partial charge in [-0.05, 0) is 30.0 Å². The van der Waals surface area contributed by atoms with Gasteiger partial charge in [-0.1, -0.05) is 25.1 Å². The van der Waals surface area contributed by atoms with Crippen molar-refractivity contribution in [3.05, 3.63) is 42.5 Å². The van der Waals surface area contributed by atoms with Crippen LogP contribution in [0.3, 0.4) is 0 Å². The summed E-state index contributed by atoms with van der Waals surface area (Å²) < 4.78 is 0. The molecule has 0 aromatic heterocycles. The summed E-state index contributed by atoms with van der Waals surface area (Å²) in [6, 6.07) is 6.49. The van der Waals surface area contributed by atoms with Crippen LogP contribution < -0.4 is 11.1 Å². The number of carboxylic acid groups (broad SMARTS) is 1. The SMILES string of the molecule is C=CCC(N)C(=O)Nc1ccc(C(C)CC(=O)O)cc1. The van der Waals surface area contributed by atoms with Gasteiger partial charge < -0.3 is 16.2 Å². The van der Waals surface area contributed by atoms with Gasteiger partial charge in [0, 0.05) is 5.69 Å². The Morgan fingerprint density at radius 2 is 2.00 bits per heavy atom. The number of amides is 1. The minimum Gasteiger partial charge on any atom is -0.481 e. The molecule has 4 N–H and O–H groups in total. The van der Waals surface area contributed by atoms with Crippen molar-refractivity contribution in [2.24, 2.45) is 5.73 Å². The van der Waals surface area contributed by atoms with E-state index in [1.165, 1.54) is 0 Å². The molecule has 1 aromatic carbocycles. The van der Waals surface area contributed by atoms with E-state index < -0.39 is 12.0 Å². The van der Waals surface area contributed by atoms with Crippen LogP contribution in [0.5, 0.6) is 0 Å². The van der Waals surface area contributed by atoms with E-state index in [1.807, 2.05) is 19.1 Å². The molecule has 5 nitrogen and oxygen atoms in total. The van der Waals surface area contributed by atoms with Crippen LogP contribution >= 0.6 is 0 Å². The third kappa shape index (κ3) is 4.85. The molecule has 0 bridgehead atoms. The molecule has 0 heterocycles. The topological polar surface area (TPSA) is 92.4 Å². The number of rotatable bonds is 7. The molecule has 0 aliphatic heterocycles. The second-order valence-corrected chi connectivity index (χ2v) is 4.74. The molecule has 0 saturated carbocycles. The molecular weight excluding hydrogens is 256 g/mol. The van der Waals surface area contributed by atoms with Gasteiger partial charge in [-0.15, -0.1) is 6.58 Å². The Balaban J connectivity index is 2.64. The summed E-state index contributed by atoms with van der Waals surface area (Å²) in [6.07, 6.45) is 2.09. The lowest BCUT2D eigenvalue weighted by Gasteiger charge is -2.12. The van der Waals surface area contributed by atoms with Crippen molar-refractivity contribution in [3.63, 3.8) is 0 Å². The first-order chi connectivity index (χ1) is 9.43. The molecule has 2 atom stereocenters. The Morgan fingerprint density at radius 1 is 1.40 bits per heavy atom. The van der Waals surface area contributed by atoms with Gasteiger partial charge in [0.1, 0.15) is 0 Å². The summed E-state index contributed by atoms with van der Waals surface area (Å²) in [5.74, 6) is -1.17. The Hall–Kier alpha value is -2.14. The van der Waals surface area contributed by atoms with Crippen LogP contribution in [0, 0.1) is 0 Å². The van der Waals surface area contributed by atoms with Gasteiger partial charge >= 0.3 is 5.97 Å². The molecule has 0 aliphatic carbocycles. The van der Waals surface area contributed by atoms with Gasteiger partial charge in [0.2, 0.25) is 5.91 Å². The van der Waals surface area contributed by atoms with E-state index in [9.17, 15) is 9.59 Å². The molecule has 1 aromatic rings. The fourth-order valence-corrected chi connectivity index (χ4v) is 1.80. The largest absolute Gasteiger partial charge is 0.481 e. The Labute approximate surface area is 118 Å². The van der Waals surface area contributed by atoms with E-state index in [0.29, 0.717) is 12.1 Å². The number of benzene rings is 1. The second kappa shape index (κ2) is 7.45. The van der Waals surface area contributed by atoms with Crippen molar-refractivity contribution in [2.45, 2.75) is 31.7 Å². The van der Waals surface area contributed by atoms with Crippen LogP contribution in [0.25, 0.3) is 0 Å². The van der Waals surface area contributed by atoms with E-state index in [-0.39, 0.29) is 18.2 Å². The van der Waals surface area contributed by atoms with Gasteiger partial charge in [0.05, 0.1) is 12.5 Å². The van der Waals surface area contributed by atoms with Crippen LogP contribution in [-0.4, -0.2) is 23.0 Å². The highest BCUT2D eigenvalue weighted by atomic mass is 16.4. The number of carbonyl (C=O) groups excluding carboxylic acids is 1. The maximum absolute atomic E-state index is 11.7. The van der Waals surface area contributed by atoms with Crippen LogP contribution in [-0.2, 0) is 9.59 Å². The number of carbonyl (C=O) groups is 2. The third-order valence-electron chi connectivity index (χ3n) is 2.99. The minimum absolute atomic E-state index is 0.0692. The predicted octanol–water partition coefficient (Wildman–Crippen LogP) is 2.11. The van der Waals surface area contributed by atoms with E-state index >= 15 is 0 Å². The predicted molar refractivity (Wildman–Crippen MR) is 78.5 cm³/mol. The monoisotopic (exact) mass is 276 g/mol. The summed E-state index contributed by atoms with van der Waals surface area (Å²) in [4.78, 5) is 22.4. The number of anilines is 1. The van der Waals surface area contributed by atoms with Gasteiger partial charge in [-0.2, -0.15) is 0 Å². The molecule has 108 valence electrons. The molecule has 1 rings (SSSR count). The minimum atomic E-state index is -0.828. The highest BCUT2D eigenvalue weighted by molar-refractivity contribution is 5.94. The van der Waals surface area contributed by atoms with E-state index in [1.54, 1.807) is 18.2 Å². The lowest BCUT2D eigenvalue weighted by molar-refractivity contribution is -0.137. The van der Waals surface area contributed by atoms with E-state index in [2.05, 4.69) is 11.9 Å². The smallest absolute Gasteiger partial charge is 0.303 e. The number of nitrogens with one attached hydrogen (secondary N) is 1. The molecular formula is C15H20N2O3. The molecule has 20 heavy (non-hydrogen) atoms. The molecule has 2 unspecified atom stereocenters. The lowest BCUT2D eigenvalue weighted by Crippen LogP contribution is -2.35. The molecule has 0 saturated heterocycles. The van der Waals surface area contributed by atoms with Gasteiger partial charge in [-0.25, -0.2) is 0 Å². The van der Waals surface area contributed by atoms with Gasteiger partial charge in [-0.3, -0.25) is 9.59 Å². The van der Waals surface area contributed by atoms with Crippen LogP contribution in [0.2, 0.25) is 0 Å². The van der Waals surface area contributed by atoms with Crippen molar-refractivity contribution >= 4 is 17.6 Å². The number of carboxylic acids is 1. The molecule has 1 amide bonds. The van der Waals surface area contributed by atoms with Crippen molar-refractivity contribution in [1.29, 1.82) is 0 Å². The summed E-state index contributed by atoms with van der Waals surface area (Å²) in [7, 11) is 0. The first kappa shape index (κ1) is 15.9. The Kier molecular flexibility index (Phi) is 5.93. The summed E-state index contributed by atoms with van der Waals surface area (Å²) in [6.45, 7) is 5.39. The highest BCUT2D eigenvalue weighted by Gasteiger charge is 2.13. The van der Waals surface area contributed by atoms with Crippen LogP contribution in [0.4, 0.5) is 5.69 Å². The van der Waals surface area contributed by atoms with Crippen molar-refractivity contribution in [2.75, 3.05) is 5.32 Å². The number of hydrogen-bond acceptors (Lipinski definition) is 3. The summed E-state index contributed by atoms with van der Waals surface area (Å²) >= 11 is 0. The standard InChI is InChI=1S/C15H20N2O3/c1-3-4-13(16)15(20)17-12-7-5-11(6-8-12)10(2)9-14(18)19/h3,5-8,10,13H,1,4,9,16H2,2H3,(H,17,20)(H,18,19). The zero-order valence-corrected chi connectivity index (χ0v) is 11.5. The van der Waals surface area contributed by atoms with Gasteiger partial charge in [0.15, 0.2) is 0 Å². The molecule has 0 aliphatic rings. The van der Waals surface area contributed by atoms with E-state index in [0.717, 1.165) is 5.56 Å². The first-order valence-electron chi connectivity index (χ1n) is 6.43. The fourth-order valence-electron chi connectivity index (χ4n) is 1.80. The van der Waals surface area contributed by atoms with Crippen LogP contribution in [0.15, 0.2) is 36.9 Å². The highest BCUT2D eigenvalue weighted by Crippen LogP contribution is 2.21. The number of nitrogens with two attached hydrogens (primary N) is 1. The average Bonchev–Trinajstić information content (AvgIpc) is 2.39. The summed E-state index contributed by atoms with van der Waals surface area (Å²) in [5.41, 5.74) is 7.22. The second-order valence-electron chi connectivity index (χ2n) is 4.74. The number of aliphatic carboxylic acids is 1. The maximum Gasteiger partial charge on any atom is 0.303 e. The third-order valence-corrected chi connectivity index (χ3v) is 2.99. The summed E-state index contributed by atoms with van der Waals surface area (Å²) in [5, 5.41) is 11.5. The number of hydrogen-bond donors (Lipinski definition) is 3. The van der Waals surface area contributed by atoms with E-state index in [4.69, 9.17) is 10.8 Å². The lowest BCUT2D eigenvalue weighted by atomic mass is 9.98. The first-order valence-corrected chi connectivity index (χ1v) is 6.43. The van der Waals surface area contributed by atoms with Crippen molar-refractivity contribution in [1.82, 2.24) is 0 Å². The normalized spacial score (nSPS) is 13.3. The fraction of sp³-hybridized carbons (Fsp3) is 0.333. The van der Waals surface area contributed by atoms with Crippen molar-refractivity contribution < 1.29 is 14.7 Å². The van der Waals surface area contributed by atoms with Crippen LogP contribution in [0.1, 0.15) is 31.2 Å². The zero-order chi connectivity index (χ0) is 15.1. The maximum atomic E-state index is 11.7.